The molecule has 0 heterocycles. The Morgan fingerprint density at radius 2 is 1.70 bits per heavy atom. The van der Waals surface area contributed by atoms with Crippen LogP contribution in [-0.4, -0.2) is 26.6 Å². The number of sulfonamides is 1. The summed E-state index contributed by atoms with van der Waals surface area (Å²) in [6.07, 6.45) is 6.52. The summed E-state index contributed by atoms with van der Waals surface area (Å²) in [5.74, 6) is -0.300. The summed E-state index contributed by atoms with van der Waals surface area (Å²) in [4.78, 5) is 13.1. The molecule has 0 spiro atoms. The number of carbonyl (C=O) groups is 1. The third-order valence-electron chi connectivity index (χ3n) is 5.88. The van der Waals surface area contributed by atoms with Crippen molar-refractivity contribution in [3.63, 3.8) is 0 Å². The normalized spacial score (nSPS) is 15.7. The molecule has 5 nitrogen and oxygen atoms in total. The number of hydrogen-bond acceptors (Lipinski definition) is 3. The molecule has 162 valence electrons. The van der Waals surface area contributed by atoms with Crippen LogP contribution < -0.4 is 9.62 Å². The Morgan fingerprint density at radius 3 is 2.30 bits per heavy atom. The van der Waals surface area contributed by atoms with Gasteiger partial charge in [0, 0.05) is 0 Å². The van der Waals surface area contributed by atoms with Gasteiger partial charge in [-0.3, -0.25) is 9.10 Å². The van der Waals surface area contributed by atoms with Gasteiger partial charge in [-0.2, -0.15) is 0 Å². The van der Waals surface area contributed by atoms with Gasteiger partial charge in [0.1, 0.15) is 6.04 Å². The molecule has 2 atom stereocenters. The standard InChI is InChI=1S/C24H32N2O3S/c1-5-23(21-13-12-19-8-6-7-9-20(19)16-21)25-24(27)18(3)26(30(4,28)29)22-14-10-17(2)11-15-22/h10-16,18,23H,5-9H2,1-4H3,(H,25,27)/t18-,23+/m0/s1. The first-order valence-corrected chi connectivity index (χ1v) is 12.5. The second kappa shape index (κ2) is 9.21. The van der Waals surface area contributed by atoms with E-state index in [2.05, 4.69) is 23.5 Å². The van der Waals surface area contributed by atoms with Gasteiger partial charge >= 0.3 is 0 Å². The van der Waals surface area contributed by atoms with E-state index in [4.69, 9.17) is 0 Å². The van der Waals surface area contributed by atoms with Gasteiger partial charge in [-0.1, -0.05) is 42.8 Å². The van der Waals surface area contributed by atoms with Gasteiger partial charge in [0.2, 0.25) is 15.9 Å². The molecule has 2 aromatic carbocycles. The van der Waals surface area contributed by atoms with Crippen LogP contribution in [0.4, 0.5) is 5.69 Å². The van der Waals surface area contributed by atoms with E-state index < -0.39 is 16.1 Å². The highest BCUT2D eigenvalue weighted by Gasteiger charge is 2.30. The van der Waals surface area contributed by atoms with Crippen molar-refractivity contribution < 1.29 is 13.2 Å². The molecule has 1 N–H and O–H groups in total. The van der Waals surface area contributed by atoms with Crippen molar-refractivity contribution in [2.75, 3.05) is 10.6 Å². The molecule has 3 rings (SSSR count). The summed E-state index contributed by atoms with van der Waals surface area (Å²) < 4.78 is 26.2. The minimum Gasteiger partial charge on any atom is -0.347 e. The van der Waals surface area contributed by atoms with Crippen molar-refractivity contribution in [2.24, 2.45) is 0 Å². The van der Waals surface area contributed by atoms with E-state index in [0.717, 1.165) is 36.6 Å². The van der Waals surface area contributed by atoms with E-state index in [9.17, 15) is 13.2 Å². The van der Waals surface area contributed by atoms with Gasteiger partial charge in [0.05, 0.1) is 18.0 Å². The van der Waals surface area contributed by atoms with Crippen LogP contribution in [0.25, 0.3) is 0 Å². The zero-order valence-corrected chi connectivity index (χ0v) is 19.1. The van der Waals surface area contributed by atoms with Crippen molar-refractivity contribution in [1.82, 2.24) is 5.32 Å². The third kappa shape index (κ3) is 5.04. The van der Waals surface area contributed by atoms with Gasteiger partial charge in [-0.25, -0.2) is 8.42 Å². The van der Waals surface area contributed by atoms with Crippen LogP contribution in [0.1, 0.15) is 61.4 Å². The van der Waals surface area contributed by atoms with Crippen LogP contribution in [0, 0.1) is 6.92 Å². The second-order valence-electron chi connectivity index (χ2n) is 8.28. The molecule has 2 aromatic rings. The summed E-state index contributed by atoms with van der Waals surface area (Å²) in [6, 6.07) is 12.7. The van der Waals surface area contributed by atoms with Gasteiger partial charge in [-0.15, -0.1) is 0 Å². The lowest BCUT2D eigenvalue weighted by Gasteiger charge is -2.30. The summed E-state index contributed by atoms with van der Waals surface area (Å²) in [6.45, 7) is 5.61. The van der Waals surface area contributed by atoms with Crippen molar-refractivity contribution >= 4 is 21.6 Å². The number of nitrogens with one attached hydrogen (secondary N) is 1. The zero-order valence-electron chi connectivity index (χ0n) is 18.3. The first-order chi connectivity index (χ1) is 14.2. The smallest absolute Gasteiger partial charge is 0.244 e. The molecule has 0 saturated carbocycles. The minimum absolute atomic E-state index is 0.147. The quantitative estimate of drug-likeness (QED) is 0.715. The molecule has 1 aliphatic rings. The average Bonchev–Trinajstić information content (AvgIpc) is 2.72. The van der Waals surface area contributed by atoms with E-state index in [1.54, 1.807) is 19.1 Å². The number of benzene rings is 2. The summed E-state index contributed by atoms with van der Waals surface area (Å²) >= 11 is 0. The predicted molar refractivity (Wildman–Crippen MR) is 122 cm³/mol. The van der Waals surface area contributed by atoms with Crippen molar-refractivity contribution in [1.29, 1.82) is 0 Å². The summed E-state index contributed by atoms with van der Waals surface area (Å²) in [7, 11) is -3.62. The SMILES string of the molecule is CC[C@@H](NC(=O)[C@H](C)N(c1ccc(C)cc1)S(C)(=O)=O)c1ccc2c(c1)CCCC2. The Morgan fingerprint density at radius 1 is 1.07 bits per heavy atom. The van der Waals surface area contributed by atoms with Gasteiger partial charge < -0.3 is 5.32 Å². The van der Waals surface area contributed by atoms with E-state index in [1.807, 2.05) is 26.0 Å². The highest BCUT2D eigenvalue weighted by Crippen LogP contribution is 2.27. The number of aryl methyl sites for hydroxylation is 3. The summed E-state index contributed by atoms with van der Waals surface area (Å²) in [5.41, 5.74) is 5.38. The number of nitrogens with zero attached hydrogens (tertiary/aromatic N) is 1. The number of carbonyl (C=O) groups excluding carboxylic acids is 1. The first kappa shape index (κ1) is 22.3. The molecule has 0 aromatic heterocycles. The zero-order chi connectivity index (χ0) is 21.9. The Labute approximate surface area is 180 Å². The minimum atomic E-state index is -3.62. The largest absolute Gasteiger partial charge is 0.347 e. The van der Waals surface area contributed by atoms with E-state index >= 15 is 0 Å². The average molecular weight is 429 g/mol. The van der Waals surface area contributed by atoms with Crippen LogP contribution in [0.15, 0.2) is 42.5 Å². The highest BCUT2D eigenvalue weighted by molar-refractivity contribution is 7.92. The number of hydrogen-bond donors (Lipinski definition) is 1. The number of anilines is 1. The number of rotatable bonds is 7. The van der Waals surface area contributed by atoms with Gasteiger partial charge in [0.25, 0.3) is 0 Å². The molecule has 0 unspecified atom stereocenters. The Balaban J connectivity index is 1.82. The monoisotopic (exact) mass is 428 g/mol. The Hall–Kier alpha value is -2.34. The van der Waals surface area contributed by atoms with E-state index in [1.165, 1.54) is 28.3 Å². The molecular weight excluding hydrogens is 396 g/mol. The number of fused-ring (bicyclic) bond motifs is 1. The second-order valence-corrected chi connectivity index (χ2v) is 10.1. The van der Waals surface area contributed by atoms with Crippen LogP contribution in [-0.2, 0) is 27.7 Å². The first-order valence-electron chi connectivity index (χ1n) is 10.7. The van der Waals surface area contributed by atoms with Crippen LogP contribution in [0.2, 0.25) is 0 Å². The molecular formula is C24H32N2O3S. The molecule has 30 heavy (non-hydrogen) atoms. The lowest BCUT2D eigenvalue weighted by atomic mass is 9.88. The highest BCUT2D eigenvalue weighted by atomic mass is 32.2. The molecule has 0 bridgehead atoms. The predicted octanol–water partition coefficient (Wildman–Crippen LogP) is 4.30. The fourth-order valence-electron chi connectivity index (χ4n) is 4.18. The lowest BCUT2D eigenvalue weighted by molar-refractivity contribution is -0.122. The molecule has 0 aliphatic heterocycles. The molecule has 6 heteroatoms. The maximum atomic E-state index is 13.1. The fourth-order valence-corrected chi connectivity index (χ4v) is 5.36. The lowest BCUT2D eigenvalue weighted by Crippen LogP contribution is -2.48. The Bertz CT molecular complexity index is 1000. The summed E-state index contributed by atoms with van der Waals surface area (Å²) in [5, 5.41) is 3.08. The Kier molecular flexibility index (Phi) is 6.86. The molecule has 1 amide bonds. The maximum Gasteiger partial charge on any atom is 0.244 e. The van der Waals surface area contributed by atoms with E-state index in [0.29, 0.717) is 5.69 Å². The topological polar surface area (TPSA) is 66.5 Å². The van der Waals surface area contributed by atoms with E-state index in [-0.39, 0.29) is 11.9 Å². The van der Waals surface area contributed by atoms with Gasteiger partial charge in [-0.05, 0) is 74.8 Å². The van der Waals surface area contributed by atoms with Crippen molar-refractivity contribution in [3.05, 3.63) is 64.7 Å². The maximum absolute atomic E-state index is 13.1. The van der Waals surface area contributed by atoms with Crippen LogP contribution >= 0.6 is 0 Å². The third-order valence-corrected chi connectivity index (χ3v) is 7.12. The van der Waals surface area contributed by atoms with Crippen molar-refractivity contribution in [3.8, 4) is 0 Å². The van der Waals surface area contributed by atoms with Crippen LogP contribution in [0.3, 0.4) is 0 Å². The van der Waals surface area contributed by atoms with Gasteiger partial charge in [0.15, 0.2) is 0 Å². The molecule has 0 saturated heterocycles. The fraction of sp³-hybridized carbons (Fsp3) is 0.458. The number of amides is 1. The van der Waals surface area contributed by atoms with Crippen molar-refractivity contribution in [2.45, 2.75) is 65.0 Å². The molecule has 0 radical (unpaired) electrons. The molecule has 0 fully saturated rings. The molecule has 1 aliphatic carbocycles. The van der Waals surface area contributed by atoms with Crippen LogP contribution in [0.5, 0.6) is 0 Å².